The summed E-state index contributed by atoms with van der Waals surface area (Å²) in [7, 11) is 1.44. The van der Waals surface area contributed by atoms with Gasteiger partial charge in [0.05, 0.1) is 16.9 Å². The number of pyridine rings is 1. The van der Waals surface area contributed by atoms with Gasteiger partial charge in [0, 0.05) is 77.4 Å². The van der Waals surface area contributed by atoms with Gasteiger partial charge in [-0.15, -0.1) is 0 Å². The van der Waals surface area contributed by atoms with Crippen LogP contribution in [0.3, 0.4) is 0 Å². The number of rotatable bonds is 4. The highest BCUT2D eigenvalue weighted by Crippen LogP contribution is 2.41. The van der Waals surface area contributed by atoms with Crippen LogP contribution in [-0.4, -0.2) is 121 Å². The quantitative estimate of drug-likeness (QED) is 0.446. The molecule has 0 spiro atoms. The van der Waals surface area contributed by atoms with Gasteiger partial charge in [0.25, 0.3) is 0 Å². The zero-order valence-corrected chi connectivity index (χ0v) is 28.7. The van der Waals surface area contributed by atoms with E-state index in [0.29, 0.717) is 26.2 Å². The number of fused-ring (bicyclic) bond motifs is 3. The molecule has 4 aliphatic rings. The van der Waals surface area contributed by atoms with Crippen LogP contribution in [0.25, 0.3) is 0 Å². The number of hydrogen-bond donors (Lipinski definition) is 0. The molecule has 0 radical (unpaired) electrons. The predicted octanol–water partition coefficient (Wildman–Crippen LogP) is 3.52. The summed E-state index contributed by atoms with van der Waals surface area (Å²) in [5.74, 6) is -2.94. The summed E-state index contributed by atoms with van der Waals surface area (Å²) in [5.41, 5.74) is -1.30. The van der Waals surface area contributed by atoms with Crippen LogP contribution < -0.4 is 14.7 Å². The molecule has 0 N–H and O–H groups in total. The molecule has 1 aromatic heterocycles. The molecule has 3 atom stereocenters. The summed E-state index contributed by atoms with van der Waals surface area (Å²) in [6.07, 6.45) is -5.37. The Bertz CT molecular complexity index is 1700. The number of likely N-dealkylation sites (N-methyl/N-ethyl adjacent to an activating group) is 1. The number of halogens is 4. The fourth-order valence-corrected chi connectivity index (χ4v) is 7.32. The first-order chi connectivity index (χ1) is 23.4. The molecule has 4 aliphatic heterocycles. The zero-order chi connectivity index (χ0) is 36.3. The second-order valence-electron chi connectivity index (χ2n) is 14.3. The fourth-order valence-electron chi connectivity index (χ4n) is 7.32. The van der Waals surface area contributed by atoms with Crippen LogP contribution in [0, 0.1) is 18.7 Å². The molecule has 4 amide bonds. The van der Waals surface area contributed by atoms with Crippen molar-refractivity contribution in [1.29, 1.82) is 0 Å². The van der Waals surface area contributed by atoms with Crippen molar-refractivity contribution in [2.24, 2.45) is 5.92 Å². The Labute approximate surface area is 287 Å². The van der Waals surface area contributed by atoms with Gasteiger partial charge in [0.1, 0.15) is 29.3 Å². The van der Waals surface area contributed by atoms with E-state index in [1.165, 1.54) is 35.9 Å². The van der Waals surface area contributed by atoms with Crippen LogP contribution in [0.5, 0.6) is 0 Å². The van der Waals surface area contributed by atoms with Crippen LogP contribution in [0.2, 0.25) is 0 Å². The summed E-state index contributed by atoms with van der Waals surface area (Å²) in [6, 6.07) is 4.15. The van der Waals surface area contributed by atoms with E-state index in [-0.39, 0.29) is 61.4 Å². The molecule has 5 heterocycles. The summed E-state index contributed by atoms with van der Waals surface area (Å²) >= 11 is 0. The highest BCUT2D eigenvalue weighted by atomic mass is 19.4. The molecule has 270 valence electrons. The number of benzene rings is 1. The van der Waals surface area contributed by atoms with E-state index in [2.05, 4.69) is 4.98 Å². The lowest BCUT2D eigenvalue weighted by Crippen LogP contribution is -2.66. The number of nitrogens with zero attached hydrogens (tertiary/aromatic N) is 7. The maximum absolute atomic E-state index is 15.7. The molecule has 2 aromatic rings. The normalized spacial score (nSPS) is 23.4. The lowest BCUT2D eigenvalue weighted by molar-refractivity contribution is -0.144. The SMILES string of the molecule is Cc1cc(C(F)(F)F)cc(N2C(=O)C[C@@H]3CN(CCN4CCN5CCN(C(=O)OC(C)(C)C)C[C@H]5C4=O)c4c(F)cccc4N(C)C(=O)[C@H]32)n1. The Balaban J connectivity index is 1.26. The van der Waals surface area contributed by atoms with Gasteiger partial charge in [-0.2, -0.15) is 13.2 Å². The van der Waals surface area contributed by atoms with Crippen molar-refractivity contribution < 1.29 is 41.5 Å². The van der Waals surface area contributed by atoms with Crippen LogP contribution in [0.4, 0.5) is 39.5 Å². The largest absolute Gasteiger partial charge is 0.444 e. The number of aryl methyl sites for hydroxylation is 1. The molecule has 0 unspecified atom stereocenters. The number of carbonyl (C=O) groups excluding carboxylic acids is 4. The highest BCUT2D eigenvalue weighted by molar-refractivity contribution is 6.10. The molecule has 0 saturated carbocycles. The molecular formula is C34H41F4N7O5. The van der Waals surface area contributed by atoms with Crippen LogP contribution >= 0.6 is 0 Å². The van der Waals surface area contributed by atoms with Crippen molar-refractivity contribution in [3.05, 3.63) is 47.4 Å². The minimum atomic E-state index is -4.70. The molecule has 3 fully saturated rings. The Morgan fingerprint density at radius 2 is 1.66 bits per heavy atom. The Hall–Kier alpha value is -4.47. The van der Waals surface area contributed by atoms with Gasteiger partial charge in [-0.05, 0) is 52.0 Å². The minimum absolute atomic E-state index is 0.0162. The van der Waals surface area contributed by atoms with Gasteiger partial charge >= 0.3 is 12.3 Å². The Morgan fingerprint density at radius 1 is 0.960 bits per heavy atom. The Morgan fingerprint density at radius 3 is 2.36 bits per heavy atom. The fraction of sp³-hybridized carbons (Fsp3) is 0.559. The summed E-state index contributed by atoms with van der Waals surface area (Å²) in [4.78, 5) is 67.6. The number of para-hydroxylation sites is 1. The van der Waals surface area contributed by atoms with Crippen molar-refractivity contribution >= 4 is 41.0 Å². The maximum Gasteiger partial charge on any atom is 0.416 e. The van der Waals surface area contributed by atoms with E-state index >= 15 is 4.39 Å². The lowest BCUT2D eigenvalue weighted by atomic mass is 9.95. The third kappa shape index (κ3) is 6.81. The van der Waals surface area contributed by atoms with Crippen molar-refractivity contribution in [3.8, 4) is 0 Å². The number of piperazine rings is 2. The van der Waals surface area contributed by atoms with Crippen molar-refractivity contribution in [2.45, 2.75) is 58.0 Å². The molecule has 16 heteroatoms. The van der Waals surface area contributed by atoms with E-state index in [1.807, 2.05) is 4.90 Å². The van der Waals surface area contributed by atoms with Gasteiger partial charge in [-0.3, -0.25) is 24.2 Å². The second-order valence-corrected chi connectivity index (χ2v) is 14.3. The number of carbonyl (C=O) groups is 4. The van der Waals surface area contributed by atoms with Crippen LogP contribution in [-0.2, 0) is 25.3 Å². The Kier molecular flexibility index (Phi) is 9.20. The van der Waals surface area contributed by atoms with Gasteiger partial charge in [0.2, 0.25) is 17.7 Å². The monoisotopic (exact) mass is 703 g/mol. The highest BCUT2D eigenvalue weighted by Gasteiger charge is 2.50. The topological polar surface area (TPSA) is 110 Å². The van der Waals surface area contributed by atoms with Crippen molar-refractivity contribution in [1.82, 2.24) is 19.7 Å². The molecule has 0 aliphatic carbocycles. The van der Waals surface area contributed by atoms with Crippen molar-refractivity contribution in [3.63, 3.8) is 0 Å². The van der Waals surface area contributed by atoms with E-state index in [1.54, 1.807) is 36.6 Å². The van der Waals surface area contributed by atoms with Crippen molar-refractivity contribution in [2.75, 3.05) is 74.1 Å². The second kappa shape index (κ2) is 13.0. The third-order valence-corrected chi connectivity index (χ3v) is 9.66. The first-order valence-electron chi connectivity index (χ1n) is 16.6. The number of amides is 4. The zero-order valence-electron chi connectivity index (χ0n) is 28.7. The summed E-state index contributed by atoms with van der Waals surface area (Å²) in [5, 5.41) is 0. The first kappa shape index (κ1) is 35.4. The first-order valence-corrected chi connectivity index (χ1v) is 16.6. The molecule has 0 bridgehead atoms. The summed E-state index contributed by atoms with van der Waals surface area (Å²) in [6.45, 7) is 9.17. The van der Waals surface area contributed by atoms with Crippen LogP contribution in [0.15, 0.2) is 30.3 Å². The van der Waals surface area contributed by atoms with Gasteiger partial charge in [-0.25, -0.2) is 14.2 Å². The lowest BCUT2D eigenvalue weighted by Gasteiger charge is -2.46. The number of anilines is 3. The average Bonchev–Trinajstić information content (AvgIpc) is 3.35. The summed E-state index contributed by atoms with van der Waals surface area (Å²) < 4.78 is 62.5. The molecule has 12 nitrogen and oxygen atoms in total. The van der Waals surface area contributed by atoms with E-state index < -0.39 is 59.1 Å². The number of alkyl halides is 3. The van der Waals surface area contributed by atoms with Gasteiger partial charge in [0.15, 0.2) is 0 Å². The number of aromatic nitrogens is 1. The standard InChI is InChI=1S/C34H41F4N7O5/c1-20-15-22(34(36,37)38)17-26(39-20)45-27(46)16-21-18-43(29-23(35)7-6-8-24(29)40(5)31(48)28(21)45)13-12-42-11-9-41-10-14-44(19-25(41)30(42)47)32(49)50-33(2,3)4/h6-8,15,17,21,25,28H,9-14,16,18-19H2,1-5H3/t21-,25+,28+/m1/s1. The third-order valence-electron chi connectivity index (χ3n) is 9.66. The molecule has 3 saturated heterocycles. The number of hydrogen-bond acceptors (Lipinski definition) is 8. The average molecular weight is 704 g/mol. The molecule has 6 rings (SSSR count). The predicted molar refractivity (Wildman–Crippen MR) is 175 cm³/mol. The number of ether oxygens (including phenoxy) is 1. The van der Waals surface area contributed by atoms with Gasteiger partial charge in [-0.1, -0.05) is 6.07 Å². The molecular weight excluding hydrogens is 662 g/mol. The van der Waals surface area contributed by atoms with E-state index in [0.717, 1.165) is 17.0 Å². The maximum atomic E-state index is 15.7. The minimum Gasteiger partial charge on any atom is -0.444 e. The smallest absolute Gasteiger partial charge is 0.416 e. The van der Waals surface area contributed by atoms with E-state index in [4.69, 9.17) is 4.74 Å². The van der Waals surface area contributed by atoms with Gasteiger partial charge < -0.3 is 24.3 Å². The van der Waals surface area contributed by atoms with Crippen LogP contribution in [0.1, 0.15) is 38.4 Å². The van der Waals surface area contributed by atoms with E-state index in [9.17, 15) is 32.3 Å². The molecule has 1 aromatic carbocycles. The molecule has 50 heavy (non-hydrogen) atoms.